The van der Waals surface area contributed by atoms with Crippen molar-refractivity contribution in [3.05, 3.63) is 98.9 Å². The molecule has 0 aliphatic rings. The zero-order valence-corrected chi connectivity index (χ0v) is 19.0. The number of carbonyl (C=O) groups is 1. The largest absolute Gasteiger partial charge is 0.467 e. The Morgan fingerprint density at radius 3 is 2.74 bits per heavy atom. The fourth-order valence-corrected chi connectivity index (χ4v) is 3.48. The lowest BCUT2D eigenvalue weighted by Crippen LogP contribution is -2.25. The number of benzene rings is 1. The molecule has 0 aliphatic carbocycles. The number of hydrogen-bond donors (Lipinski definition) is 1. The van der Waals surface area contributed by atoms with Crippen LogP contribution in [-0.2, 0) is 11.3 Å². The first-order valence-corrected chi connectivity index (χ1v) is 10.6. The topological polar surface area (TPSA) is 110 Å². The molecule has 1 N–H and O–H groups in total. The average Bonchev–Trinajstić information content (AvgIpc) is 3.34. The van der Waals surface area contributed by atoms with Crippen molar-refractivity contribution in [2.45, 2.75) is 27.3 Å². The second kappa shape index (κ2) is 9.46. The first-order valence-electron chi connectivity index (χ1n) is 10.6. The Kier molecular flexibility index (Phi) is 6.28. The number of rotatable bonds is 6. The van der Waals surface area contributed by atoms with Gasteiger partial charge < -0.3 is 14.5 Å². The first-order chi connectivity index (χ1) is 16.4. The summed E-state index contributed by atoms with van der Waals surface area (Å²) in [4.78, 5) is 30.6. The second-order valence-electron chi connectivity index (χ2n) is 7.82. The molecule has 0 saturated heterocycles. The Morgan fingerprint density at radius 2 is 2.03 bits per heavy atom. The summed E-state index contributed by atoms with van der Waals surface area (Å²) in [7, 11) is 0. The smallest absolute Gasteiger partial charge is 0.269 e. The average molecular weight is 454 g/mol. The van der Waals surface area contributed by atoms with E-state index in [4.69, 9.17) is 9.15 Å². The number of nitrogens with zero attached hydrogens (tertiary/aromatic N) is 3. The maximum absolute atomic E-state index is 13.4. The van der Waals surface area contributed by atoms with Gasteiger partial charge in [0.1, 0.15) is 34.4 Å². The molecule has 4 rings (SSSR count). The van der Waals surface area contributed by atoms with Crippen LogP contribution in [-0.4, -0.2) is 15.3 Å². The summed E-state index contributed by atoms with van der Waals surface area (Å²) in [5.74, 6) is 0.418. The van der Waals surface area contributed by atoms with Gasteiger partial charge in [0.15, 0.2) is 0 Å². The van der Waals surface area contributed by atoms with Crippen LogP contribution in [0.25, 0.3) is 11.7 Å². The molecule has 4 aromatic rings. The van der Waals surface area contributed by atoms with E-state index in [1.165, 1.54) is 16.7 Å². The van der Waals surface area contributed by atoms with Gasteiger partial charge in [-0.2, -0.15) is 10.2 Å². The SMILES string of the molecule is Cc1ccc(Oc2nc3c(C)cccn3c(=O)c2C=C(C#N)C(=O)NCc2ccco2)c(C)c1. The number of aryl methyl sites for hydroxylation is 3. The summed E-state index contributed by atoms with van der Waals surface area (Å²) in [5, 5.41) is 12.3. The van der Waals surface area contributed by atoms with E-state index < -0.39 is 11.5 Å². The van der Waals surface area contributed by atoms with Crippen molar-refractivity contribution >= 4 is 17.6 Å². The van der Waals surface area contributed by atoms with E-state index in [-0.39, 0.29) is 23.6 Å². The molecule has 0 bridgehead atoms. The van der Waals surface area contributed by atoms with Crippen molar-refractivity contribution in [1.82, 2.24) is 14.7 Å². The van der Waals surface area contributed by atoms with Crippen molar-refractivity contribution in [3.8, 4) is 17.7 Å². The second-order valence-corrected chi connectivity index (χ2v) is 7.82. The van der Waals surface area contributed by atoms with Gasteiger partial charge in [-0.15, -0.1) is 0 Å². The van der Waals surface area contributed by atoms with Crippen LogP contribution in [0.1, 0.15) is 28.0 Å². The van der Waals surface area contributed by atoms with Crippen LogP contribution in [0.2, 0.25) is 0 Å². The summed E-state index contributed by atoms with van der Waals surface area (Å²) in [5.41, 5.74) is 2.39. The quantitative estimate of drug-likeness (QED) is 0.345. The Bertz CT molecular complexity index is 1510. The fourth-order valence-electron chi connectivity index (χ4n) is 3.48. The highest BCUT2D eigenvalue weighted by Crippen LogP contribution is 2.28. The van der Waals surface area contributed by atoms with E-state index in [1.54, 1.807) is 30.5 Å². The summed E-state index contributed by atoms with van der Waals surface area (Å²) in [6.45, 7) is 5.79. The van der Waals surface area contributed by atoms with E-state index in [1.807, 2.05) is 45.0 Å². The van der Waals surface area contributed by atoms with Crippen LogP contribution in [0.3, 0.4) is 0 Å². The molecule has 0 radical (unpaired) electrons. The monoisotopic (exact) mass is 454 g/mol. The number of pyridine rings is 1. The van der Waals surface area contributed by atoms with Gasteiger partial charge >= 0.3 is 0 Å². The number of aromatic nitrogens is 2. The van der Waals surface area contributed by atoms with Crippen LogP contribution >= 0.6 is 0 Å². The van der Waals surface area contributed by atoms with Crippen LogP contribution < -0.4 is 15.6 Å². The maximum atomic E-state index is 13.4. The minimum absolute atomic E-state index is 0.00669. The number of amides is 1. The number of furan rings is 1. The van der Waals surface area contributed by atoms with Crippen molar-refractivity contribution in [2.75, 3.05) is 0 Å². The third kappa shape index (κ3) is 4.59. The molecule has 8 heteroatoms. The molecular weight excluding hydrogens is 432 g/mol. The van der Waals surface area contributed by atoms with Gasteiger partial charge in [0.05, 0.1) is 12.8 Å². The fraction of sp³-hybridized carbons (Fsp3) is 0.154. The zero-order valence-electron chi connectivity index (χ0n) is 19.0. The molecule has 34 heavy (non-hydrogen) atoms. The minimum Gasteiger partial charge on any atom is -0.467 e. The Balaban J connectivity index is 1.81. The van der Waals surface area contributed by atoms with Crippen LogP contribution in [0, 0.1) is 32.1 Å². The Labute approximate surface area is 195 Å². The normalized spacial score (nSPS) is 11.3. The minimum atomic E-state index is -0.648. The van der Waals surface area contributed by atoms with E-state index >= 15 is 0 Å². The first kappa shape index (κ1) is 22.6. The summed E-state index contributed by atoms with van der Waals surface area (Å²) in [6.07, 6.45) is 4.28. The highest BCUT2D eigenvalue weighted by Gasteiger charge is 2.18. The van der Waals surface area contributed by atoms with Crippen LogP contribution in [0.4, 0.5) is 0 Å². The number of ether oxygens (including phenoxy) is 1. The molecule has 0 spiro atoms. The van der Waals surface area contributed by atoms with Gasteiger partial charge in [0.2, 0.25) is 5.88 Å². The molecule has 1 aromatic carbocycles. The van der Waals surface area contributed by atoms with E-state index in [2.05, 4.69) is 10.3 Å². The molecule has 0 fully saturated rings. The van der Waals surface area contributed by atoms with Crippen molar-refractivity contribution in [1.29, 1.82) is 5.26 Å². The Morgan fingerprint density at radius 1 is 1.21 bits per heavy atom. The highest BCUT2D eigenvalue weighted by molar-refractivity contribution is 6.01. The van der Waals surface area contributed by atoms with Crippen molar-refractivity contribution in [2.24, 2.45) is 0 Å². The number of hydrogen-bond acceptors (Lipinski definition) is 6. The number of nitriles is 1. The Hall–Kier alpha value is -4.64. The number of nitrogens with one attached hydrogen (secondary N) is 1. The van der Waals surface area contributed by atoms with Crippen LogP contribution in [0.15, 0.2) is 69.7 Å². The van der Waals surface area contributed by atoms with Gasteiger partial charge in [-0.1, -0.05) is 23.8 Å². The highest BCUT2D eigenvalue weighted by atomic mass is 16.5. The van der Waals surface area contributed by atoms with E-state index in [0.29, 0.717) is 17.2 Å². The lowest BCUT2D eigenvalue weighted by atomic mass is 10.1. The standard InChI is InChI=1S/C26H22N4O4/c1-16-8-9-22(18(3)12-16)34-25-21(26(32)30-10-4-6-17(2)23(30)29-25)13-19(14-27)24(31)28-15-20-7-5-11-33-20/h4-13H,15H2,1-3H3,(H,28,31). The molecule has 1 amide bonds. The van der Waals surface area contributed by atoms with E-state index in [0.717, 1.165) is 16.7 Å². The molecule has 3 aromatic heterocycles. The summed E-state index contributed by atoms with van der Waals surface area (Å²) >= 11 is 0. The molecule has 170 valence electrons. The van der Waals surface area contributed by atoms with Gasteiger partial charge in [0.25, 0.3) is 11.5 Å². The zero-order chi connectivity index (χ0) is 24.2. The van der Waals surface area contributed by atoms with E-state index in [9.17, 15) is 14.9 Å². The van der Waals surface area contributed by atoms with Crippen molar-refractivity contribution in [3.63, 3.8) is 0 Å². The molecule has 8 nitrogen and oxygen atoms in total. The van der Waals surface area contributed by atoms with Gasteiger partial charge in [-0.05, 0) is 62.2 Å². The molecule has 0 unspecified atom stereocenters. The molecule has 0 aliphatic heterocycles. The van der Waals surface area contributed by atoms with Gasteiger partial charge in [0, 0.05) is 6.20 Å². The maximum Gasteiger partial charge on any atom is 0.269 e. The van der Waals surface area contributed by atoms with Gasteiger partial charge in [-0.25, -0.2) is 0 Å². The van der Waals surface area contributed by atoms with Gasteiger partial charge in [-0.3, -0.25) is 14.0 Å². The third-order valence-electron chi connectivity index (χ3n) is 5.24. The number of carbonyl (C=O) groups excluding carboxylic acids is 1. The molecular formula is C26H22N4O4. The predicted octanol–water partition coefficient (Wildman–Crippen LogP) is 4.23. The predicted molar refractivity (Wildman–Crippen MR) is 126 cm³/mol. The summed E-state index contributed by atoms with van der Waals surface area (Å²) < 4.78 is 12.6. The molecule has 3 heterocycles. The molecule has 0 atom stereocenters. The lowest BCUT2D eigenvalue weighted by molar-refractivity contribution is -0.117. The number of fused-ring (bicyclic) bond motifs is 1. The van der Waals surface area contributed by atoms with Crippen molar-refractivity contribution < 1.29 is 13.9 Å². The molecule has 0 saturated carbocycles. The third-order valence-corrected chi connectivity index (χ3v) is 5.24. The van der Waals surface area contributed by atoms with Crippen LogP contribution in [0.5, 0.6) is 11.6 Å². The summed E-state index contributed by atoms with van der Waals surface area (Å²) in [6, 6.07) is 14.5. The lowest BCUT2D eigenvalue weighted by Gasteiger charge is -2.13.